The Balaban J connectivity index is 1.93. The molecule has 2 N–H and O–H groups in total. The summed E-state index contributed by atoms with van der Waals surface area (Å²) in [6, 6.07) is 9.87. The van der Waals surface area contributed by atoms with Crippen molar-refractivity contribution in [1.82, 2.24) is 4.90 Å². The minimum Gasteiger partial charge on any atom is -0.323 e. The molecule has 2 heteroatoms. The van der Waals surface area contributed by atoms with E-state index in [1.165, 1.54) is 62.6 Å². The highest BCUT2D eigenvalue weighted by Crippen LogP contribution is 2.23. The highest BCUT2D eigenvalue weighted by molar-refractivity contribution is 5.25. The Hall–Kier alpha value is -0.860. The van der Waals surface area contributed by atoms with Crippen molar-refractivity contribution in [3.63, 3.8) is 0 Å². The van der Waals surface area contributed by atoms with E-state index >= 15 is 0 Å². The first kappa shape index (κ1) is 16.5. The van der Waals surface area contributed by atoms with Gasteiger partial charge in [-0.2, -0.15) is 0 Å². The molecule has 0 radical (unpaired) electrons. The first-order valence-electron chi connectivity index (χ1n) is 8.83. The highest BCUT2D eigenvalue weighted by Gasteiger charge is 2.23. The molecule has 1 fully saturated rings. The van der Waals surface area contributed by atoms with Crippen LogP contribution in [0.2, 0.25) is 0 Å². The summed E-state index contributed by atoms with van der Waals surface area (Å²) in [4.78, 5) is 2.64. The van der Waals surface area contributed by atoms with Crippen LogP contribution in [-0.2, 0) is 6.42 Å². The number of piperidine rings is 1. The van der Waals surface area contributed by atoms with Gasteiger partial charge in [-0.05, 0) is 43.4 Å². The van der Waals surface area contributed by atoms with Crippen LogP contribution in [0.15, 0.2) is 24.3 Å². The Morgan fingerprint density at radius 2 is 1.90 bits per heavy atom. The maximum Gasteiger partial charge on any atom is 0.0424 e. The number of hydrogen-bond donors (Lipinski definition) is 1. The van der Waals surface area contributed by atoms with Crippen LogP contribution in [0.5, 0.6) is 0 Å². The van der Waals surface area contributed by atoms with Crippen molar-refractivity contribution >= 4 is 0 Å². The molecule has 1 aromatic carbocycles. The Bertz CT molecular complexity index is 397. The third-order valence-corrected chi connectivity index (χ3v) is 4.75. The van der Waals surface area contributed by atoms with E-state index in [9.17, 15) is 0 Å². The van der Waals surface area contributed by atoms with Gasteiger partial charge in [0.25, 0.3) is 0 Å². The Morgan fingerprint density at radius 3 is 2.57 bits per heavy atom. The average Bonchev–Trinajstić information content (AvgIpc) is 2.50. The van der Waals surface area contributed by atoms with Crippen molar-refractivity contribution in [1.29, 1.82) is 0 Å². The lowest BCUT2D eigenvalue weighted by Crippen LogP contribution is -2.43. The number of likely N-dealkylation sites (tertiary alicyclic amines) is 1. The summed E-state index contributed by atoms with van der Waals surface area (Å²) in [6.07, 6.45) is 9.06. The number of nitrogens with two attached hydrogens (primary N) is 1. The lowest BCUT2D eigenvalue weighted by Gasteiger charge is -2.37. The van der Waals surface area contributed by atoms with Crippen LogP contribution >= 0.6 is 0 Å². The van der Waals surface area contributed by atoms with Gasteiger partial charge in [0.1, 0.15) is 0 Å². The molecule has 0 bridgehead atoms. The van der Waals surface area contributed by atoms with E-state index in [2.05, 4.69) is 43.0 Å². The summed E-state index contributed by atoms with van der Waals surface area (Å²) in [5.74, 6) is 0. The van der Waals surface area contributed by atoms with Crippen molar-refractivity contribution in [2.45, 2.75) is 70.9 Å². The van der Waals surface area contributed by atoms with Gasteiger partial charge in [0.15, 0.2) is 0 Å². The van der Waals surface area contributed by atoms with Gasteiger partial charge in [0.05, 0.1) is 0 Å². The summed E-state index contributed by atoms with van der Waals surface area (Å²) in [7, 11) is 0. The van der Waals surface area contributed by atoms with Crippen LogP contribution in [0.3, 0.4) is 0 Å². The molecule has 2 unspecified atom stereocenters. The Labute approximate surface area is 130 Å². The van der Waals surface area contributed by atoms with Gasteiger partial charge in [-0.3, -0.25) is 4.90 Å². The van der Waals surface area contributed by atoms with E-state index < -0.39 is 0 Å². The number of nitrogens with zero attached hydrogens (tertiary/aromatic N) is 1. The van der Waals surface area contributed by atoms with Crippen LogP contribution in [0.1, 0.15) is 69.5 Å². The van der Waals surface area contributed by atoms with Crippen LogP contribution in [-0.4, -0.2) is 24.0 Å². The number of rotatable bonds is 7. The topological polar surface area (TPSA) is 29.3 Å². The lowest BCUT2D eigenvalue weighted by atomic mass is 9.96. The second-order valence-corrected chi connectivity index (χ2v) is 6.53. The maximum atomic E-state index is 6.47. The SMILES string of the molecule is CCCc1ccc(C(N)CN2CCCCC2CCC)cc1. The predicted octanol–water partition coefficient (Wildman–Crippen LogP) is 4.29. The van der Waals surface area contributed by atoms with Crippen LogP contribution in [0, 0.1) is 0 Å². The summed E-state index contributed by atoms with van der Waals surface area (Å²) >= 11 is 0. The van der Waals surface area contributed by atoms with Gasteiger partial charge in [0, 0.05) is 18.6 Å². The van der Waals surface area contributed by atoms with Crippen LogP contribution in [0.25, 0.3) is 0 Å². The fraction of sp³-hybridized carbons (Fsp3) is 0.684. The zero-order chi connectivity index (χ0) is 15.1. The largest absolute Gasteiger partial charge is 0.323 e. The zero-order valence-corrected chi connectivity index (χ0v) is 13.9. The van der Waals surface area contributed by atoms with E-state index in [0.29, 0.717) is 0 Å². The molecule has 2 nitrogen and oxygen atoms in total. The normalized spacial score (nSPS) is 21.4. The standard InChI is InChI=1S/C19H32N2/c1-3-7-16-10-12-17(13-11-16)19(20)15-21-14-6-5-9-18(21)8-4-2/h10-13,18-19H,3-9,14-15,20H2,1-2H3. The molecule has 1 aliphatic heterocycles. The first-order chi connectivity index (χ1) is 10.2. The molecule has 1 saturated heterocycles. The summed E-state index contributed by atoms with van der Waals surface area (Å²) in [6.45, 7) is 6.76. The maximum absolute atomic E-state index is 6.47. The molecule has 21 heavy (non-hydrogen) atoms. The molecule has 1 aromatic rings. The van der Waals surface area contributed by atoms with Gasteiger partial charge in [0.2, 0.25) is 0 Å². The monoisotopic (exact) mass is 288 g/mol. The second-order valence-electron chi connectivity index (χ2n) is 6.53. The quantitative estimate of drug-likeness (QED) is 0.811. The molecule has 0 amide bonds. The fourth-order valence-electron chi connectivity index (χ4n) is 3.54. The van der Waals surface area contributed by atoms with Crippen molar-refractivity contribution in [2.75, 3.05) is 13.1 Å². The Kier molecular flexibility index (Phi) is 6.72. The highest BCUT2D eigenvalue weighted by atomic mass is 15.2. The number of benzene rings is 1. The number of hydrogen-bond acceptors (Lipinski definition) is 2. The van der Waals surface area contributed by atoms with Gasteiger partial charge in [-0.1, -0.05) is 57.4 Å². The molecule has 0 aliphatic carbocycles. The van der Waals surface area contributed by atoms with E-state index in [4.69, 9.17) is 5.73 Å². The van der Waals surface area contributed by atoms with E-state index in [1.54, 1.807) is 0 Å². The molecular weight excluding hydrogens is 256 g/mol. The number of aryl methyl sites for hydroxylation is 1. The average molecular weight is 288 g/mol. The van der Waals surface area contributed by atoms with E-state index in [-0.39, 0.29) is 6.04 Å². The molecule has 0 saturated carbocycles. The first-order valence-corrected chi connectivity index (χ1v) is 8.83. The van der Waals surface area contributed by atoms with Crippen LogP contribution < -0.4 is 5.73 Å². The molecule has 1 heterocycles. The lowest BCUT2D eigenvalue weighted by molar-refractivity contribution is 0.131. The summed E-state index contributed by atoms with van der Waals surface area (Å²) in [5.41, 5.74) is 9.18. The van der Waals surface area contributed by atoms with Gasteiger partial charge in [-0.15, -0.1) is 0 Å². The summed E-state index contributed by atoms with van der Waals surface area (Å²) < 4.78 is 0. The van der Waals surface area contributed by atoms with E-state index in [1.807, 2.05) is 0 Å². The molecule has 1 aliphatic rings. The smallest absolute Gasteiger partial charge is 0.0424 e. The Morgan fingerprint density at radius 1 is 1.14 bits per heavy atom. The van der Waals surface area contributed by atoms with Crippen molar-refractivity contribution < 1.29 is 0 Å². The van der Waals surface area contributed by atoms with Crippen molar-refractivity contribution in [3.8, 4) is 0 Å². The van der Waals surface area contributed by atoms with Crippen LogP contribution in [0.4, 0.5) is 0 Å². The fourth-order valence-corrected chi connectivity index (χ4v) is 3.54. The summed E-state index contributed by atoms with van der Waals surface area (Å²) in [5, 5.41) is 0. The minimum absolute atomic E-state index is 0.151. The predicted molar refractivity (Wildman–Crippen MR) is 91.5 cm³/mol. The molecular formula is C19H32N2. The second kappa shape index (κ2) is 8.55. The van der Waals surface area contributed by atoms with Gasteiger partial charge < -0.3 is 5.73 Å². The van der Waals surface area contributed by atoms with Gasteiger partial charge >= 0.3 is 0 Å². The molecule has 0 aromatic heterocycles. The minimum atomic E-state index is 0.151. The van der Waals surface area contributed by atoms with Gasteiger partial charge in [-0.25, -0.2) is 0 Å². The van der Waals surface area contributed by atoms with Crippen molar-refractivity contribution in [3.05, 3.63) is 35.4 Å². The third kappa shape index (κ3) is 4.82. The third-order valence-electron chi connectivity index (χ3n) is 4.75. The zero-order valence-electron chi connectivity index (χ0n) is 13.9. The van der Waals surface area contributed by atoms with Crippen molar-refractivity contribution in [2.24, 2.45) is 5.73 Å². The molecule has 2 rings (SSSR count). The molecule has 118 valence electrons. The molecule has 0 spiro atoms. The van der Waals surface area contributed by atoms with E-state index in [0.717, 1.165) is 12.6 Å². The molecule has 2 atom stereocenters.